The average Bonchev–Trinajstić information content (AvgIpc) is 2.28. The first-order valence-corrected chi connectivity index (χ1v) is 5.30. The van der Waals surface area contributed by atoms with Crippen LogP contribution in [0.3, 0.4) is 0 Å². The van der Waals surface area contributed by atoms with Gasteiger partial charge in [0.25, 0.3) is 5.69 Å². The third-order valence-electron chi connectivity index (χ3n) is 2.69. The van der Waals surface area contributed by atoms with E-state index in [1.165, 1.54) is 12.1 Å². The highest BCUT2D eigenvalue weighted by Gasteiger charge is 2.12. The van der Waals surface area contributed by atoms with Gasteiger partial charge in [0.1, 0.15) is 5.78 Å². The molecule has 0 saturated heterocycles. The third kappa shape index (κ3) is 3.15. The molecule has 1 rings (SSSR count). The number of ketones is 1. The van der Waals surface area contributed by atoms with E-state index in [1.807, 2.05) is 13.8 Å². The van der Waals surface area contributed by atoms with Gasteiger partial charge in [-0.15, -0.1) is 0 Å². The lowest BCUT2D eigenvalue weighted by Crippen LogP contribution is -2.12. The lowest BCUT2D eigenvalue weighted by atomic mass is 9.97. The van der Waals surface area contributed by atoms with Crippen molar-refractivity contribution in [3.63, 3.8) is 0 Å². The van der Waals surface area contributed by atoms with Crippen LogP contribution in [0.1, 0.15) is 25.8 Å². The molecule has 0 radical (unpaired) electrons. The number of carbonyl (C=O) groups excluding carboxylic acids is 1. The second kappa shape index (κ2) is 5.39. The van der Waals surface area contributed by atoms with Crippen molar-refractivity contribution in [2.24, 2.45) is 5.92 Å². The Bertz CT molecular complexity index is 384. The van der Waals surface area contributed by atoms with Crippen LogP contribution in [0.15, 0.2) is 24.3 Å². The van der Waals surface area contributed by atoms with Crippen LogP contribution in [-0.2, 0) is 11.2 Å². The minimum absolute atomic E-state index is 0.0511. The van der Waals surface area contributed by atoms with Crippen LogP contribution in [0.25, 0.3) is 0 Å². The number of rotatable bonds is 5. The van der Waals surface area contributed by atoms with Gasteiger partial charge in [-0.2, -0.15) is 0 Å². The molecular formula is C12H15NO3. The molecule has 1 unspecified atom stereocenters. The number of nitro benzene ring substituents is 1. The van der Waals surface area contributed by atoms with Gasteiger partial charge in [-0.05, 0) is 12.0 Å². The van der Waals surface area contributed by atoms with Crippen LogP contribution >= 0.6 is 0 Å². The van der Waals surface area contributed by atoms with E-state index in [2.05, 4.69) is 0 Å². The molecule has 1 aromatic rings. The van der Waals surface area contributed by atoms with Crippen molar-refractivity contribution >= 4 is 11.5 Å². The first-order chi connectivity index (χ1) is 7.54. The van der Waals surface area contributed by atoms with Crippen molar-refractivity contribution in [2.75, 3.05) is 0 Å². The molecule has 1 aromatic carbocycles. The number of non-ortho nitro benzene ring substituents is 1. The van der Waals surface area contributed by atoms with Gasteiger partial charge in [-0.3, -0.25) is 14.9 Å². The number of nitro groups is 1. The van der Waals surface area contributed by atoms with E-state index in [9.17, 15) is 14.9 Å². The Morgan fingerprint density at radius 2 is 1.94 bits per heavy atom. The Labute approximate surface area is 94.4 Å². The fraction of sp³-hybridized carbons (Fsp3) is 0.417. The lowest BCUT2D eigenvalue weighted by molar-refractivity contribution is -0.384. The summed E-state index contributed by atoms with van der Waals surface area (Å²) in [6.07, 6.45) is 1.18. The fourth-order valence-corrected chi connectivity index (χ4v) is 1.34. The summed E-state index contributed by atoms with van der Waals surface area (Å²) in [6, 6.07) is 6.13. The molecule has 0 fully saturated rings. The lowest BCUT2D eigenvalue weighted by Gasteiger charge is -2.06. The topological polar surface area (TPSA) is 60.2 Å². The Morgan fingerprint density at radius 1 is 1.38 bits per heavy atom. The molecule has 0 bridgehead atoms. The minimum atomic E-state index is -0.444. The van der Waals surface area contributed by atoms with Crippen molar-refractivity contribution in [3.8, 4) is 0 Å². The van der Waals surface area contributed by atoms with Crippen molar-refractivity contribution in [3.05, 3.63) is 39.9 Å². The van der Waals surface area contributed by atoms with Crippen molar-refractivity contribution < 1.29 is 9.72 Å². The summed E-state index contributed by atoms with van der Waals surface area (Å²) < 4.78 is 0. The summed E-state index contributed by atoms with van der Waals surface area (Å²) in [6.45, 7) is 3.87. The van der Waals surface area contributed by atoms with E-state index >= 15 is 0 Å². The number of benzene rings is 1. The molecule has 4 heteroatoms. The van der Waals surface area contributed by atoms with Gasteiger partial charge in [-0.25, -0.2) is 0 Å². The van der Waals surface area contributed by atoms with Gasteiger partial charge in [0.15, 0.2) is 0 Å². The highest BCUT2D eigenvalue weighted by Crippen LogP contribution is 2.14. The molecule has 0 spiro atoms. The van der Waals surface area contributed by atoms with Gasteiger partial charge in [0.05, 0.1) is 4.92 Å². The minimum Gasteiger partial charge on any atom is -0.299 e. The summed E-state index contributed by atoms with van der Waals surface area (Å²) in [7, 11) is 0. The standard InChI is InChI=1S/C12H15NO3/c1-3-9(2)12(14)8-10-4-6-11(7-5-10)13(15)16/h4-7,9H,3,8H2,1-2H3. The number of hydrogen-bond donors (Lipinski definition) is 0. The van der Waals surface area contributed by atoms with Crippen LogP contribution in [-0.4, -0.2) is 10.7 Å². The zero-order valence-electron chi connectivity index (χ0n) is 9.47. The molecule has 1 atom stereocenters. The largest absolute Gasteiger partial charge is 0.299 e. The van der Waals surface area contributed by atoms with Crippen molar-refractivity contribution in [1.29, 1.82) is 0 Å². The van der Waals surface area contributed by atoms with Crippen LogP contribution in [0.2, 0.25) is 0 Å². The summed E-state index contributed by atoms with van der Waals surface area (Å²) in [5.41, 5.74) is 0.885. The van der Waals surface area contributed by atoms with Gasteiger partial charge in [-0.1, -0.05) is 26.0 Å². The summed E-state index contributed by atoms with van der Waals surface area (Å²) in [5, 5.41) is 10.4. The molecule has 0 aliphatic rings. The molecule has 4 nitrogen and oxygen atoms in total. The first-order valence-electron chi connectivity index (χ1n) is 5.30. The monoisotopic (exact) mass is 221 g/mol. The predicted octanol–water partition coefficient (Wildman–Crippen LogP) is 2.75. The maximum atomic E-state index is 11.6. The summed E-state index contributed by atoms with van der Waals surface area (Å²) >= 11 is 0. The van der Waals surface area contributed by atoms with Crippen molar-refractivity contribution in [2.45, 2.75) is 26.7 Å². The molecule has 0 aromatic heterocycles. The zero-order chi connectivity index (χ0) is 12.1. The normalized spacial score (nSPS) is 12.1. The van der Waals surface area contributed by atoms with E-state index in [0.29, 0.717) is 6.42 Å². The van der Waals surface area contributed by atoms with Gasteiger partial charge < -0.3 is 0 Å². The Kier molecular flexibility index (Phi) is 4.17. The van der Waals surface area contributed by atoms with Crippen LogP contribution in [0, 0.1) is 16.0 Å². The quantitative estimate of drug-likeness (QED) is 0.567. The van der Waals surface area contributed by atoms with E-state index in [-0.39, 0.29) is 17.4 Å². The fourth-order valence-electron chi connectivity index (χ4n) is 1.34. The average molecular weight is 221 g/mol. The molecule has 86 valence electrons. The van der Waals surface area contributed by atoms with Gasteiger partial charge in [0.2, 0.25) is 0 Å². The SMILES string of the molecule is CCC(C)C(=O)Cc1ccc([N+](=O)[O-])cc1. The molecule has 0 heterocycles. The second-order valence-electron chi connectivity index (χ2n) is 3.88. The number of Topliss-reactive ketones (excluding diaryl/α,β-unsaturated/α-hetero) is 1. The number of carbonyl (C=O) groups is 1. The molecule has 0 saturated carbocycles. The third-order valence-corrected chi connectivity index (χ3v) is 2.69. The smallest absolute Gasteiger partial charge is 0.269 e. The van der Waals surface area contributed by atoms with Gasteiger partial charge >= 0.3 is 0 Å². The summed E-state index contributed by atoms with van der Waals surface area (Å²) in [4.78, 5) is 21.6. The Morgan fingerprint density at radius 3 is 2.38 bits per heavy atom. The van der Waals surface area contributed by atoms with E-state index in [4.69, 9.17) is 0 Å². The molecular weight excluding hydrogens is 206 g/mol. The predicted molar refractivity (Wildman–Crippen MR) is 61.3 cm³/mol. The maximum absolute atomic E-state index is 11.6. The molecule has 16 heavy (non-hydrogen) atoms. The maximum Gasteiger partial charge on any atom is 0.269 e. The molecule has 0 aliphatic carbocycles. The molecule has 0 amide bonds. The molecule has 0 N–H and O–H groups in total. The van der Waals surface area contributed by atoms with Crippen LogP contribution in [0.4, 0.5) is 5.69 Å². The second-order valence-corrected chi connectivity index (χ2v) is 3.88. The van der Waals surface area contributed by atoms with E-state index in [1.54, 1.807) is 12.1 Å². The number of nitrogens with zero attached hydrogens (tertiary/aromatic N) is 1. The van der Waals surface area contributed by atoms with Gasteiger partial charge in [0, 0.05) is 24.5 Å². The Balaban J connectivity index is 2.69. The van der Waals surface area contributed by atoms with Crippen LogP contribution < -0.4 is 0 Å². The summed E-state index contributed by atoms with van der Waals surface area (Å²) in [5.74, 6) is 0.228. The van der Waals surface area contributed by atoms with E-state index < -0.39 is 4.92 Å². The first kappa shape index (κ1) is 12.4. The Hall–Kier alpha value is -1.71. The number of hydrogen-bond acceptors (Lipinski definition) is 3. The van der Waals surface area contributed by atoms with Crippen LogP contribution in [0.5, 0.6) is 0 Å². The molecule has 0 aliphatic heterocycles. The zero-order valence-corrected chi connectivity index (χ0v) is 9.47. The van der Waals surface area contributed by atoms with Crippen molar-refractivity contribution in [1.82, 2.24) is 0 Å². The highest BCUT2D eigenvalue weighted by atomic mass is 16.6. The van der Waals surface area contributed by atoms with E-state index in [0.717, 1.165) is 12.0 Å². The highest BCUT2D eigenvalue weighted by molar-refractivity contribution is 5.82.